The van der Waals surface area contributed by atoms with Crippen LogP contribution in [-0.2, 0) is 0 Å². The molecule has 0 saturated heterocycles. The monoisotopic (exact) mass is 377 g/mol. The number of halogens is 1. The molecule has 0 heterocycles. The summed E-state index contributed by atoms with van der Waals surface area (Å²) in [7, 11) is 0. The first kappa shape index (κ1) is 18.8. The summed E-state index contributed by atoms with van der Waals surface area (Å²) in [5.41, 5.74) is 0.635. The number of amides is 5. The summed E-state index contributed by atoms with van der Waals surface area (Å²) in [6.07, 6.45) is -2.00. The van der Waals surface area contributed by atoms with E-state index >= 15 is 0 Å². The molecule has 3 rings (SSSR count). The molecule has 0 aromatic heterocycles. The normalized spacial score (nSPS) is 10.0. The molecule has 0 bridgehead atoms. The average Bonchev–Trinajstić information content (AvgIpc) is 2.70. The van der Waals surface area contributed by atoms with E-state index in [1.54, 1.807) is 66.7 Å². The second-order valence-electron chi connectivity index (χ2n) is 5.67. The van der Waals surface area contributed by atoms with Crippen molar-refractivity contribution in [1.82, 2.24) is 0 Å². The lowest BCUT2D eigenvalue weighted by Gasteiger charge is -2.26. The Morgan fingerprint density at radius 1 is 0.643 bits per heavy atom. The summed E-state index contributed by atoms with van der Waals surface area (Å²) >= 11 is 0. The number of nitrogens with one attached hydrogen (secondary N) is 1. The van der Waals surface area contributed by atoms with Gasteiger partial charge in [-0.1, -0.05) is 54.6 Å². The second-order valence-corrected chi connectivity index (χ2v) is 5.67. The van der Waals surface area contributed by atoms with Crippen LogP contribution in [0.5, 0.6) is 0 Å². The van der Waals surface area contributed by atoms with Gasteiger partial charge in [-0.3, -0.25) is 0 Å². The number of anilines is 3. The van der Waals surface area contributed by atoms with Crippen LogP contribution in [0.1, 0.15) is 0 Å². The van der Waals surface area contributed by atoms with Crippen LogP contribution < -0.4 is 15.1 Å². The fourth-order valence-electron chi connectivity index (χ4n) is 2.56. The van der Waals surface area contributed by atoms with Crippen molar-refractivity contribution in [1.29, 1.82) is 0 Å². The molecule has 7 heteroatoms. The van der Waals surface area contributed by atoms with E-state index < -0.39 is 18.2 Å². The molecule has 0 fully saturated rings. The summed E-state index contributed by atoms with van der Waals surface area (Å²) in [4.78, 5) is 38.5. The number of carbonyl (C=O) groups is 3. The summed E-state index contributed by atoms with van der Waals surface area (Å²) in [5.74, 6) is 0. The van der Waals surface area contributed by atoms with Crippen molar-refractivity contribution in [3.05, 3.63) is 91.0 Å². The van der Waals surface area contributed by atoms with Gasteiger partial charge in [0.2, 0.25) is 0 Å². The lowest BCUT2D eigenvalue weighted by Crippen LogP contribution is -2.49. The van der Waals surface area contributed by atoms with Crippen LogP contribution in [-0.4, -0.2) is 18.2 Å². The third kappa shape index (κ3) is 4.21. The second kappa shape index (κ2) is 8.59. The molecular weight excluding hydrogens is 361 g/mol. The van der Waals surface area contributed by atoms with Crippen molar-refractivity contribution in [3.63, 3.8) is 0 Å². The zero-order chi connectivity index (χ0) is 19.9. The maximum Gasteiger partial charge on any atom is 0.412 e. The van der Waals surface area contributed by atoms with Crippen LogP contribution in [0.15, 0.2) is 91.0 Å². The molecule has 1 N–H and O–H groups in total. The average molecular weight is 377 g/mol. The molecule has 5 amide bonds. The lowest BCUT2D eigenvalue weighted by atomic mass is 10.2. The summed E-state index contributed by atoms with van der Waals surface area (Å²) in [5, 5.41) is 2.57. The van der Waals surface area contributed by atoms with Crippen LogP contribution in [0.4, 0.5) is 35.8 Å². The molecule has 0 unspecified atom stereocenters. The number of rotatable bonds is 3. The fourth-order valence-corrected chi connectivity index (χ4v) is 2.56. The van der Waals surface area contributed by atoms with Crippen LogP contribution in [0, 0.1) is 0 Å². The molecule has 28 heavy (non-hydrogen) atoms. The van der Waals surface area contributed by atoms with E-state index in [0.29, 0.717) is 15.5 Å². The van der Waals surface area contributed by atoms with Crippen LogP contribution in [0.25, 0.3) is 0 Å². The SMILES string of the molecule is O=C(F)N(C(=O)N(C(=O)Nc1ccccc1)c1ccccc1)c1ccccc1. The molecule has 0 radical (unpaired) electrons. The largest absolute Gasteiger partial charge is 0.412 e. The van der Waals surface area contributed by atoms with Gasteiger partial charge in [-0.2, -0.15) is 0 Å². The van der Waals surface area contributed by atoms with Crippen LogP contribution >= 0.6 is 0 Å². The highest BCUT2D eigenvalue weighted by atomic mass is 19.1. The van der Waals surface area contributed by atoms with Crippen molar-refractivity contribution >= 4 is 35.3 Å². The van der Waals surface area contributed by atoms with Gasteiger partial charge in [0.05, 0.1) is 11.4 Å². The standard InChI is InChI=1S/C21H16FN3O3/c22-19(26)24(17-12-6-2-7-13-17)21(28)25(18-14-8-3-9-15-18)20(27)23-16-10-4-1-5-11-16/h1-15H,(H,23,27). The highest BCUT2D eigenvalue weighted by Crippen LogP contribution is 2.22. The van der Waals surface area contributed by atoms with Gasteiger partial charge >= 0.3 is 18.2 Å². The van der Waals surface area contributed by atoms with Crippen molar-refractivity contribution in [2.75, 3.05) is 15.1 Å². The van der Waals surface area contributed by atoms with Crippen LogP contribution in [0.3, 0.4) is 0 Å². The Morgan fingerprint density at radius 3 is 1.54 bits per heavy atom. The molecule has 0 atom stereocenters. The molecule has 0 aliphatic rings. The van der Waals surface area contributed by atoms with E-state index in [0.717, 1.165) is 0 Å². The van der Waals surface area contributed by atoms with E-state index in [-0.39, 0.29) is 11.4 Å². The first-order valence-corrected chi connectivity index (χ1v) is 8.38. The molecule has 0 aliphatic heterocycles. The topological polar surface area (TPSA) is 69.7 Å². The van der Waals surface area contributed by atoms with E-state index in [9.17, 15) is 18.8 Å². The van der Waals surface area contributed by atoms with Gasteiger partial charge in [-0.25, -0.2) is 24.2 Å². The Balaban J connectivity index is 1.99. The van der Waals surface area contributed by atoms with E-state index in [4.69, 9.17) is 0 Å². The minimum Gasteiger partial charge on any atom is -0.307 e. The number of hydrogen-bond acceptors (Lipinski definition) is 3. The zero-order valence-electron chi connectivity index (χ0n) is 14.7. The quantitative estimate of drug-likeness (QED) is 0.488. The zero-order valence-corrected chi connectivity index (χ0v) is 14.7. The minimum absolute atomic E-state index is 0.00782. The first-order chi connectivity index (χ1) is 13.6. The minimum atomic E-state index is -2.00. The number of nitrogens with zero attached hydrogens (tertiary/aromatic N) is 2. The van der Waals surface area contributed by atoms with Gasteiger partial charge < -0.3 is 5.32 Å². The number of urea groups is 2. The molecule has 0 saturated carbocycles. The number of benzene rings is 3. The number of imide groups is 2. The molecular formula is C21H16FN3O3. The molecule has 3 aromatic rings. The summed E-state index contributed by atoms with van der Waals surface area (Å²) in [6.45, 7) is 0. The number of hydrogen-bond donors (Lipinski definition) is 1. The highest BCUT2D eigenvalue weighted by Gasteiger charge is 2.33. The molecule has 140 valence electrons. The van der Waals surface area contributed by atoms with Crippen molar-refractivity contribution in [2.24, 2.45) is 0 Å². The lowest BCUT2D eigenvalue weighted by molar-refractivity contribution is 0.223. The Bertz CT molecular complexity index is 966. The Kier molecular flexibility index (Phi) is 5.76. The van der Waals surface area contributed by atoms with Gasteiger partial charge in [0.1, 0.15) is 0 Å². The van der Waals surface area contributed by atoms with Crippen molar-refractivity contribution < 1.29 is 18.8 Å². The Morgan fingerprint density at radius 2 is 1.07 bits per heavy atom. The first-order valence-electron chi connectivity index (χ1n) is 8.38. The van der Waals surface area contributed by atoms with Gasteiger partial charge in [-0.05, 0) is 36.4 Å². The van der Waals surface area contributed by atoms with Gasteiger partial charge in [0, 0.05) is 5.69 Å². The van der Waals surface area contributed by atoms with Crippen LogP contribution in [0.2, 0.25) is 0 Å². The third-order valence-corrected chi connectivity index (χ3v) is 3.82. The molecule has 6 nitrogen and oxygen atoms in total. The number of carbonyl (C=O) groups excluding carboxylic acids is 3. The van der Waals surface area contributed by atoms with Gasteiger partial charge in [0.15, 0.2) is 0 Å². The maximum atomic E-state index is 13.8. The van der Waals surface area contributed by atoms with Gasteiger partial charge in [-0.15, -0.1) is 4.39 Å². The summed E-state index contributed by atoms with van der Waals surface area (Å²) in [6, 6.07) is 22.0. The number of para-hydroxylation sites is 3. The Labute approximate surface area is 160 Å². The Hall–Kier alpha value is -4.00. The van der Waals surface area contributed by atoms with Crippen molar-refractivity contribution in [3.8, 4) is 0 Å². The van der Waals surface area contributed by atoms with E-state index in [2.05, 4.69) is 5.32 Å². The molecule has 0 spiro atoms. The smallest absolute Gasteiger partial charge is 0.307 e. The molecule has 3 aromatic carbocycles. The van der Waals surface area contributed by atoms with Gasteiger partial charge in [0.25, 0.3) is 0 Å². The summed E-state index contributed by atoms with van der Waals surface area (Å²) < 4.78 is 13.8. The van der Waals surface area contributed by atoms with E-state index in [1.165, 1.54) is 24.3 Å². The predicted octanol–water partition coefficient (Wildman–Crippen LogP) is 5.44. The molecule has 0 aliphatic carbocycles. The maximum absolute atomic E-state index is 13.8. The van der Waals surface area contributed by atoms with E-state index in [1.807, 2.05) is 0 Å². The van der Waals surface area contributed by atoms with Crippen molar-refractivity contribution in [2.45, 2.75) is 0 Å². The fraction of sp³-hybridized carbons (Fsp3) is 0. The third-order valence-electron chi connectivity index (χ3n) is 3.82. The predicted molar refractivity (Wildman–Crippen MR) is 105 cm³/mol. The highest BCUT2D eigenvalue weighted by molar-refractivity contribution is 6.27.